The van der Waals surface area contributed by atoms with Crippen molar-refractivity contribution in [2.75, 3.05) is 0 Å². The van der Waals surface area contributed by atoms with Crippen LogP contribution in [0.25, 0.3) is 0 Å². The van der Waals surface area contributed by atoms with Crippen molar-refractivity contribution in [1.29, 1.82) is 0 Å². The molecule has 0 fully saturated rings. The molecule has 120 valence electrons. The molecular weight excluding hydrogens is 316 g/mol. The average molecular weight is 332 g/mol. The summed E-state index contributed by atoms with van der Waals surface area (Å²) >= 11 is 0. The molecule has 6 nitrogen and oxygen atoms in total. The predicted octanol–water partition coefficient (Wildman–Crippen LogP) is 1.88. The highest BCUT2D eigenvalue weighted by atomic mass is 32.2. The van der Waals surface area contributed by atoms with Crippen LogP contribution in [0.1, 0.15) is 22.8 Å². The van der Waals surface area contributed by atoms with Crippen LogP contribution in [0, 0.1) is 6.92 Å². The zero-order chi connectivity index (χ0) is 17.0. The second-order valence-corrected chi connectivity index (χ2v) is 6.71. The predicted molar refractivity (Wildman–Crippen MR) is 84.8 cm³/mol. The molecule has 2 aromatic rings. The maximum Gasteiger partial charge on any atom is 0.286 e. The number of hydrogen-bond donors (Lipinski definition) is 1. The number of hydrogen-bond acceptors (Lipinski definition) is 4. The topological polar surface area (TPSA) is 83.6 Å². The Labute approximate surface area is 134 Å². The molecule has 0 bridgehead atoms. The molecule has 7 heteroatoms. The van der Waals surface area contributed by atoms with E-state index in [1.54, 1.807) is 30.3 Å². The molecule has 2 aromatic carbocycles. The molecule has 0 heterocycles. The Bertz CT molecular complexity index is 815. The number of rotatable bonds is 3. The molecule has 0 aliphatic carbocycles. The highest BCUT2D eigenvalue weighted by Crippen LogP contribution is 2.17. The van der Waals surface area contributed by atoms with E-state index in [2.05, 4.69) is 5.43 Å². The molecule has 1 N–H and O–H groups in total. The minimum atomic E-state index is -4.21. The molecule has 0 aromatic heterocycles. The Morgan fingerprint density at radius 2 is 1.52 bits per heavy atom. The van der Waals surface area contributed by atoms with Gasteiger partial charge in [-0.15, -0.1) is 4.41 Å². The van der Waals surface area contributed by atoms with Crippen molar-refractivity contribution in [2.24, 2.45) is 0 Å². The van der Waals surface area contributed by atoms with E-state index < -0.39 is 21.8 Å². The first-order chi connectivity index (χ1) is 10.8. The summed E-state index contributed by atoms with van der Waals surface area (Å²) in [4.78, 5) is 23.8. The van der Waals surface area contributed by atoms with Gasteiger partial charge in [0, 0.05) is 12.5 Å². The summed E-state index contributed by atoms with van der Waals surface area (Å²) in [5.41, 5.74) is 3.12. The highest BCUT2D eigenvalue weighted by Gasteiger charge is 2.31. The minimum absolute atomic E-state index is 0.0823. The Morgan fingerprint density at radius 3 is 2.04 bits per heavy atom. The summed E-state index contributed by atoms with van der Waals surface area (Å²) in [6.45, 7) is 2.95. The summed E-state index contributed by atoms with van der Waals surface area (Å²) < 4.78 is 25.7. The van der Waals surface area contributed by atoms with Gasteiger partial charge in [0.25, 0.3) is 15.9 Å². The van der Waals surface area contributed by atoms with Crippen LogP contribution >= 0.6 is 0 Å². The van der Waals surface area contributed by atoms with Gasteiger partial charge in [-0.25, -0.2) is 0 Å². The van der Waals surface area contributed by atoms with E-state index in [1.807, 2.05) is 6.92 Å². The fourth-order valence-electron chi connectivity index (χ4n) is 1.88. The van der Waals surface area contributed by atoms with Crippen LogP contribution < -0.4 is 5.43 Å². The monoisotopic (exact) mass is 332 g/mol. The highest BCUT2D eigenvalue weighted by molar-refractivity contribution is 7.89. The van der Waals surface area contributed by atoms with Crippen molar-refractivity contribution < 1.29 is 18.0 Å². The molecule has 23 heavy (non-hydrogen) atoms. The number of nitrogens with zero attached hydrogens (tertiary/aromatic N) is 1. The number of sulfonamides is 1. The minimum Gasteiger partial charge on any atom is -0.274 e. The SMILES string of the molecule is CC(=O)NN(C(=O)c1ccccc1)S(=O)(=O)c1ccc(C)cc1. The van der Waals surface area contributed by atoms with Crippen molar-refractivity contribution in [2.45, 2.75) is 18.7 Å². The molecule has 0 saturated carbocycles. The van der Waals surface area contributed by atoms with E-state index >= 15 is 0 Å². The van der Waals surface area contributed by atoms with Gasteiger partial charge in [0.1, 0.15) is 0 Å². The van der Waals surface area contributed by atoms with Crippen molar-refractivity contribution in [3.8, 4) is 0 Å². The second-order valence-electron chi connectivity index (χ2n) is 4.92. The van der Waals surface area contributed by atoms with Crippen molar-refractivity contribution in [3.05, 3.63) is 65.7 Å². The van der Waals surface area contributed by atoms with E-state index in [0.29, 0.717) is 4.41 Å². The van der Waals surface area contributed by atoms with Gasteiger partial charge in [-0.3, -0.25) is 15.0 Å². The Morgan fingerprint density at radius 1 is 0.957 bits per heavy atom. The van der Waals surface area contributed by atoms with Crippen LogP contribution in [-0.4, -0.2) is 24.6 Å². The lowest BCUT2D eigenvalue weighted by Gasteiger charge is -2.22. The van der Waals surface area contributed by atoms with Gasteiger partial charge < -0.3 is 0 Å². The fraction of sp³-hybridized carbons (Fsp3) is 0.125. The van der Waals surface area contributed by atoms with Crippen LogP contribution in [0.2, 0.25) is 0 Å². The molecule has 2 rings (SSSR count). The Hall–Kier alpha value is -2.67. The molecule has 0 spiro atoms. The number of nitrogens with one attached hydrogen (secondary N) is 1. The van der Waals surface area contributed by atoms with Gasteiger partial charge >= 0.3 is 0 Å². The first kappa shape index (κ1) is 16.7. The van der Waals surface area contributed by atoms with Crippen LogP contribution in [0.15, 0.2) is 59.5 Å². The van der Waals surface area contributed by atoms with Gasteiger partial charge in [-0.1, -0.05) is 35.9 Å². The molecule has 0 aliphatic rings. The third-order valence-electron chi connectivity index (χ3n) is 3.02. The second kappa shape index (κ2) is 6.62. The molecule has 0 radical (unpaired) electrons. The van der Waals surface area contributed by atoms with Crippen LogP contribution in [0.5, 0.6) is 0 Å². The number of aryl methyl sites for hydroxylation is 1. The third kappa shape index (κ3) is 3.75. The van der Waals surface area contributed by atoms with Gasteiger partial charge in [0.05, 0.1) is 4.90 Å². The maximum atomic E-state index is 12.7. The molecule has 0 saturated heterocycles. The molecule has 2 amide bonds. The Balaban J connectivity index is 2.47. The van der Waals surface area contributed by atoms with E-state index in [-0.39, 0.29) is 10.5 Å². The molecular formula is C16H16N2O4S. The zero-order valence-corrected chi connectivity index (χ0v) is 13.5. The van der Waals surface area contributed by atoms with Gasteiger partial charge in [-0.05, 0) is 31.2 Å². The summed E-state index contributed by atoms with van der Waals surface area (Å²) in [5, 5.41) is 0. The summed E-state index contributed by atoms with van der Waals surface area (Å²) in [6.07, 6.45) is 0. The summed E-state index contributed by atoms with van der Waals surface area (Å²) in [7, 11) is -4.21. The van der Waals surface area contributed by atoms with Crippen LogP contribution in [-0.2, 0) is 14.8 Å². The van der Waals surface area contributed by atoms with Crippen LogP contribution in [0.4, 0.5) is 0 Å². The normalized spacial score (nSPS) is 10.9. The molecule has 0 unspecified atom stereocenters. The lowest BCUT2D eigenvalue weighted by atomic mass is 10.2. The number of hydrazine groups is 1. The zero-order valence-electron chi connectivity index (χ0n) is 12.7. The van der Waals surface area contributed by atoms with Gasteiger partial charge in [0.2, 0.25) is 5.91 Å². The fourth-order valence-corrected chi connectivity index (χ4v) is 3.14. The molecule has 0 aliphatic heterocycles. The molecule has 0 atom stereocenters. The van der Waals surface area contributed by atoms with E-state index in [9.17, 15) is 18.0 Å². The standard InChI is InChI=1S/C16H16N2O4S/c1-12-8-10-15(11-9-12)23(21,22)18(17-13(2)19)16(20)14-6-4-3-5-7-14/h3-11H,1-2H3,(H,17,19). The lowest BCUT2D eigenvalue weighted by Crippen LogP contribution is -2.48. The van der Waals surface area contributed by atoms with Gasteiger partial charge in [0.15, 0.2) is 0 Å². The van der Waals surface area contributed by atoms with E-state index in [1.165, 1.54) is 24.3 Å². The summed E-state index contributed by atoms with van der Waals surface area (Å²) in [5.74, 6) is -1.49. The summed E-state index contributed by atoms with van der Waals surface area (Å²) in [6, 6.07) is 13.9. The number of carbonyl (C=O) groups is 2. The number of benzene rings is 2. The van der Waals surface area contributed by atoms with Gasteiger partial charge in [-0.2, -0.15) is 8.42 Å². The largest absolute Gasteiger partial charge is 0.286 e. The van der Waals surface area contributed by atoms with E-state index in [0.717, 1.165) is 12.5 Å². The average Bonchev–Trinajstić information content (AvgIpc) is 2.53. The Kier molecular flexibility index (Phi) is 4.80. The van der Waals surface area contributed by atoms with E-state index in [4.69, 9.17) is 0 Å². The maximum absolute atomic E-state index is 12.7. The van der Waals surface area contributed by atoms with Crippen molar-refractivity contribution in [1.82, 2.24) is 9.84 Å². The van der Waals surface area contributed by atoms with Crippen molar-refractivity contribution in [3.63, 3.8) is 0 Å². The number of carbonyl (C=O) groups excluding carboxylic acids is 2. The van der Waals surface area contributed by atoms with Crippen molar-refractivity contribution >= 4 is 21.8 Å². The third-order valence-corrected chi connectivity index (χ3v) is 4.63. The first-order valence-corrected chi connectivity index (χ1v) is 8.25. The smallest absolute Gasteiger partial charge is 0.274 e. The number of amides is 2. The lowest BCUT2D eigenvalue weighted by molar-refractivity contribution is -0.121. The first-order valence-electron chi connectivity index (χ1n) is 6.81. The van der Waals surface area contributed by atoms with Crippen LogP contribution in [0.3, 0.4) is 0 Å². The quantitative estimate of drug-likeness (QED) is 0.870.